The number of amides is 1. The van der Waals surface area contributed by atoms with Gasteiger partial charge in [0.15, 0.2) is 5.82 Å². The highest BCUT2D eigenvalue weighted by Gasteiger charge is 2.19. The number of rotatable bonds is 8. The van der Waals surface area contributed by atoms with Gasteiger partial charge in [-0.2, -0.15) is 0 Å². The van der Waals surface area contributed by atoms with Crippen LogP contribution in [0.5, 0.6) is 0 Å². The normalized spacial score (nSPS) is 14.2. The lowest BCUT2D eigenvalue weighted by Gasteiger charge is -2.27. The minimum Gasteiger partial charge on any atom is -0.356 e. The molecule has 0 bridgehead atoms. The largest absolute Gasteiger partial charge is 0.356 e. The molecule has 0 aliphatic carbocycles. The van der Waals surface area contributed by atoms with Crippen molar-refractivity contribution in [2.24, 2.45) is 0 Å². The molecule has 2 aromatic heterocycles. The van der Waals surface area contributed by atoms with Crippen molar-refractivity contribution in [2.75, 3.05) is 24.5 Å². The predicted octanol–water partition coefficient (Wildman–Crippen LogP) is 2.18. The molecule has 1 saturated heterocycles. The van der Waals surface area contributed by atoms with Gasteiger partial charge in [-0.1, -0.05) is 12.1 Å². The van der Waals surface area contributed by atoms with Gasteiger partial charge in [-0.25, -0.2) is 9.97 Å². The van der Waals surface area contributed by atoms with E-state index in [1.54, 1.807) is 17.1 Å². The second kappa shape index (κ2) is 9.56. The summed E-state index contributed by atoms with van der Waals surface area (Å²) in [6.07, 6.45) is 9.86. The van der Waals surface area contributed by atoms with Crippen LogP contribution < -0.4 is 15.8 Å². The number of nitrogens with one attached hydrogen (secondary N) is 1. The zero-order valence-corrected chi connectivity index (χ0v) is 17.2. The molecule has 158 valence electrons. The smallest absolute Gasteiger partial charge is 0.294 e. The van der Waals surface area contributed by atoms with Crippen LogP contribution in [0.4, 0.5) is 5.82 Å². The first-order valence-electron chi connectivity index (χ1n) is 10.7. The molecule has 0 spiro atoms. The van der Waals surface area contributed by atoms with Gasteiger partial charge in [0.2, 0.25) is 5.91 Å². The van der Waals surface area contributed by atoms with Crippen LogP contribution in [0.15, 0.2) is 47.8 Å². The number of hydrogen-bond donors (Lipinski definition) is 1. The van der Waals surface area contributed by atoms with Gasteiger partial charge in [-0.05, 0) is 37.8 Å². The third-order valence-corrected chi connectivity index (χ3v) is 5.53. The van der Waals surface area contributed by atoms with E-state index in [2.05, 4.69) is 20.2 Å². The molecule has 1 aliphatic rings. The molecule has 3 heterocycles. The topological polar surface area (TPSA) is 85.0 Å². The summed E-state index contributed by atoms with van der Waals surface area (Å²) in [6.45, 7) is 3.47. The van der Waals surface area contributed by atoms with Crippen LogP contribution >= 0.6 is 0 Å². The molecule has 30 heavy (non-hydrogen) atoms. The first-order chi connectivity index (χ1) is 14.7. The summed E-state index contributed by atoms with van der Waals surface area (Å²) < 4.78 is 3.69. The number of imidazole rings is 1. The fourth-order valence-electron chi connectivity index (χ4n) is 3.92. The Morgan fingerprint density at radius 3 is 2.73 bits per heavy atom. The Morgan fingerprint density at radius 2 is 1.93 bits per heavy atom. The minimum atomic E-state index is -0.108. The van der Waals surface area contributed by atoms with E-state index >= 15 is 0 Å². The molecule has 1 amide bonds. The van der Waals surface area contributed by atoms with Gasteiger partial charge in [0.05, 0.1) is 17.4 Å². The van der Waals surface area contributed by atoms with Gasteiger partial charge in [0, 0.05) is 51.5 Å². The molecule has 1 aliphatic heterocycles. The third kappa shape index (κ3) is 4.69. The lowest BCUT2D eigenvalue weighted by Crippen LogP contribution is -2.37. The van der Waals surface area contributed by atoms with Gasteiger partial charge >= 0.3 is 0 Å². The monoisotopic (exact) mass is 408 g/mol. The summed E-state index contributed by atoms with van der Waals surface area (Å²) in [4.78, 5) is 36.3. The van der Waals surface area contributed by atoms with Crippen molar-refractivity contribution >= 4 is 22.8 Å². The van der Waals surface area contributed by atoms with E-state index in [1.807, 2.05) is 35.0 Å². The molecule has 8 nitrogen and oxygen atoms in total. The van der Waals surface area contributed by atoms with Gasteiger partial charge < -0.3 is 19.4 Å². The number of aryl methyl sites for hydroxylation is 2. The SMILES string of the molecule is O=C(CCn1c(=O)c(N2CCCCC2)nc2ccccc21)NCCCn1ccnc1. The number of hydrogen-bond acceptors (Lipinski definition) is 5. The molecule has 1 fully saturated rings. The molecular weight excluding hydrogens is 380 g/mol. The molecule has 1 N–H and O–H groups in total. The zero-order chi connectivity index (χ0) is 20.8. The first-order valence-corrected chi connectivity index (χ1v) is 10.7. The lowest BCUT2D eigenvalue weighted by molar-refractivity contribution is -0.121. The Labute approximate surface area is 175 Å². The first kappa shape index (κ1) is 20.1. The van der Waals surface area contributed by atoms with Crippen LogP contribution in [-0.2, 0) is 17.9 Å². The van der Waals surface area contributed by atoms with E-state index in [1.165, 1.54) is 6.42 Å². The summed E-state index contributed by atoms with van der Waals surface area (Å²) >= 11 is 0. The maximum atomic E-state index is 13.2. The fourth-order valence-corrected chi connectivity index (χ4v) is 3.92. The van der Waals surface area contributed by atoms with E-state index in [0.717, 1.165) is 49.9 Å². The van der Waals surface area contributed by atoms with Crippen molar-refractivity contribution in [3.8, 4) is 0 Å². The summed E-state index contributed by atoms with van der Waals surface area (Å²) in [6, 6.07) is 7.65. The van der Waals surface area contributed by atoms with Crippen molar-refractivity contribution in [3.63, 3.8) is 0 Å². The van der Waals surface area contributed by atoms with Crippen molar-refractivity contribution in [3.05, 3.63) is 53.3 Å². The number of nitrogens with zero attached hydrogens (tertiary/aromatic N) is 5. The summed E-state index contributed by atoms with van der Waals surface area (Å²) in [5, 5.41) is 2.95. The number of para-hydroxylation sites is 2. The van der Waals surface area contributed by atoms with E-state index < -0.39 is 0 Å². The van der Waals surface area contributed by atoms with Crippen molar-refractivity contribution < 1.29 is 4.79 Å². The number of benzene rings is 1. The average molecular weight is 409 g/mol. The maximum Gasteiger partial charge on any atom is 0.294 e. The Morgan fingerprint density at radius 1 is 1.10 bits per heavy atom. The highest BCUT2D eigenvalue weighted by molar-refractivity contribution is 5.78. The number of carbonyl (C=O) groups excluding carboxylic acids is 1. The van der Waals surface area contributed by atoms with Crippen LogP contribution in [0, 0.1) is 0 Å². The fraction of sp³-hybridized carbons (Fsp3) is 0.455. The van der Waals surface area contributed by atoms with Gasteiger partial charge in [0.25, 0.3) is 5.56 Å². The van der Waals surface area contributed by atoms with Crippen LogP contribution in [0.25, 0.3) is 11.0 Å². The minimum absolute atomic E-state index is 0.0482. The van der Waals surface area contributed by atoms with E-state index in [4.69, 9.17) is 0 Å². The molecule has 8 heteroatoms. The van der Waals surface area contributed by atoms with Gasteiger partial charge in [0.1, 0.15) is 0 Å². The zero-order valence-electron chi connectivity index (χ0n) is 17.2. The van der Waals surface area contributed by atoms with Crippen LogP contribution in [0.3, 0.4) is 0 Å². The molecule has 0 unspecified atom stereocenters. The lowest BCUT2D eigenvalue weighted by atomic mass is 10.1. The van der Waals surface area contributed by atoms with Crippen LogP contribution in [0.2, 0.25) is 0 Å². The van der Waals surface area contributed by atoms with Crippen molar-refractivity contribution in [2.45, 2.75) is 45.2 Å². The molecule has 0 atom stereocenters. The molecule has 1 aromatic carbocycles. The molecule has 3 aromatic rings. The summed E-state index contributed by atoms with van der Waals surface area (Å²) in [5.74, 6) is 0.460. The second-order valence-corrected chi connectivity index (χ2v) is 7.68. The molecule has 0 saturated carbocycles. The quantitative estimate of drug-likeness (QED) is 0.578. The number of aromatic nitrogens is 4. The van der Waals surface area contributed by atoms with E-state index in [-0.39, 0.29) is 17.9 Å². The number of piperidine rings is 1. The third-order valence-electron chi connectivity index (χ3n) is 5.53. The number of carbonyl (C=O) groups is 1. The van der Waals surface area contributed by atoms with Crippen LogP contribution in [-0.4, -0.2) is 44.6 Å². The number of anilines is 1. The van der Waals surface area contributed by atoms with Crippen LogP contribution in [0.1, 0.15) is 32.1 Å². The second-order valence-electron chi connectivity index (χ2n) is 7.68. The summed E-state index contributed by atoms with van der Waals surface area (Å²) in [7, 11) is 0. The Hall–Kier alpha value is -3.16. The van der Waals surface area contributed by atoms with Gasteiger partial charge in [-0.3, -0.25) is 9.59 Å². The van der Waals surface area contributed by atoms with Crippen molar-refractivity contribution in [1.82, 2.24) is 24.4 Å². The van der Waals surface area contributed by atoms with E-state index in [9.17, 15) is 9.59 Å². The Bertz CT molecular complexity index is 1040. The standard InChI is InChI=1S/C22H28N6O2/c29-20(24-10-6-12-26-16-11-23-17-26)9-15-28-19-8-3-2-7-18(19)25-21(22(28)30)27-13-4-1-5-14-27/h2-3,7-8,11,16-17H,1,4-6,9-10,12-15H2,(H,24,29). The van der Waals surface area contributed by atoms with Gasteiger partial charge in [-0.15, -0.1) is 0 Å². The highest BCUT2D eigenvalue weighted by Crippen LogP contribution is 2.18. The highest BCUT2D eigenvalue weighted by atomic mass is 16.2. The molecule has 0 radical (unpaired) electrons. The predicted molar refractivity (Wildman–Crippen MR) is 117 cm³/mol. The molecule has 4 rings (SSSR count). The average Bonchev–Trinajstić information content (AvgIpc) is 3.30. The summed E-state index contributed by atoms with van der Waals surface area (Å²) in [5.41, 5.74) is 1.46. The Kier molecular flexibility index (Phi) is 6.41. The molecular formula is C22H28N6O2. The van der Waals surface area contributed by atoms with Crippen molar-refractivity contribution in [1.29, 1.82) is 0 Å². The number of fused-ring (bicyclic) bond motifs is 1. The maximum absolute atomic E-state index is 13.2. The Balaban J connectivity index is 1.42. The van der Waals surface area contributed by atoms with E-state index in [0.29, 0.717) is 18.9 Å².